The summed E-state index contributed by atoms with van der Waals surface area (Å²) >= 11 is 0. The van der Waals surface area contributed by atoms with E-state index >= 15 is 0 Å². The van der Waals surface area contributed by atoms with E-state index in [1.165, 1.54) is 4.98 Å². The molecule has 1 N–H and O–H groups in total. The van der Waals surface area contributed by atoms with Crippen LogP contribution >= 0.6 is 0 Å². The maximum atomic E-state index is 12.2. The van der Waals surface area contributed by atoms with Crippen LogP contribution in [-0.2, 0) is 19.9 Å². The summed E-state index contributed by atoms with van der Waals surface area (Å²) in [5, 5.41) is -2.16. The summed E-state index contributed by atoms with van der Waals surface area (Å²) in [6, 6.07) is 0. The van der Waals surface area contributed by atoms with Gasteiger partial charge in [0.15, 0.2) is 0 Å². The Morgan fingerprint density at radius 2 is 1.42 bits per heavy atom. The monoisotopic (exact) mass is 333 g/mol. The van der Waals surface area contributed by atoms with Crippen molar-refractivity contribution in [1.82, 2.24) is 4.98 Å². The fourth-order valence-electron chi connectivity index (χ4n) is 0.914. The first kappa shape index (κ1) is 15.7. The summed E-state index contributed by atoms with van der Waals surface area (Å²) in [6.07, 6.45) is 0.309. The Morgan fingerprint density at radius 3 is 1.79 bits per heavy atom. The topological polar surface area (TPSA) is 87.9 Å². The molecule has 0 aliphatic rings. The third kappa shape index (κ3) is 2.41. The summed E-state index contributed by atoms with van der Waals surface area (Å²) < 4.78 is 116. The molecule has 19 heavy (non-hydrogen) atoms. The van der Waals surface area contributed by atoms with Crippen molar-refractivity contribution >= 4 is 19.9 Å². The lowest BCUT2D eigenvalue weighted by molar-refractivity contribution is -0.561. The fourth-order valence-corrected chi connectivity index (χ4v) is 2.96. The molecule has 0 spiro atoms. The van der Waals surface area contributed by atoms with Gasteiger partial charge in [0.05, 0.1) is 0 Å². The van der Waals surface area contributed by atoms with Gasteiger partial charge in [-0.25, -0.2) is 13.4 Å². The first-order valence-corrected chi connectivity index (χ1v) is 6.87. The number of sulfone groups is 1. The highest BCUT2D eigenvalue weighted by atomic mass is 32.2. The van der Waals surface area contributed by atoms with Gasteiger partial charge in [0.1, 0.15) is 12.4 Å². The number of halogens is 6. The second-order valence-electron chi connectivity index (χ2n) is 2.96. The van der Waals surface area contributed by atoms with Crippen LogP contribution in [-0.4, -0.2) is 32.8 Å². The van der Waals surface area contributed by atoms with Gasteiger partial charge in [0.25, 0.3) is 0 Å². The number of nitrogens with zero attached hydrogens (tertiary/aromatic N) is 1. The number of nitrogens with one attached hydrogen (secondary N) is 1. The molecule has 0 saturated heterocycles. The number of hydrogen-bond donors (Lipinski definition) is 1. The molecular formula is C5H3F6N2O4S2+. The number of hydrogen-bond acceptors (Lipinski definition) is 4. The van der Waals surface area contributed by atoms with Crippen LogP contribution in [0.15, 0.2) is 17.6 Å². The molecule has 0 fully saturated rings. The van der Waals surface area contributed by atoms with E-state index in [9.17, 15) is 43.2 Å². The molecule has 0 radical (unpaired) electrons. The number of H-pyrrole nitrogens is 1. The fraction of sp³-hybridized carbons (Fsp3) is 0.400. The first-order chi connectivity index (χ1) is 8.23. The lowest BCUT2D eigenvalue weighted by atomic mass is 11.0. The SMILES string of the molecule is O=S(=O)(c1[nH]cc[n+]1S(=O)(=O)C(F)(F)F)C(F)(F)F. The van der Waals surface area contributed by atoms with E-state index in [1.54, 1.807) is 0 Å². The molecular weight excluding hydrogens is 330 g/mol. The molecule has 0 aliphatic heterocycles. The second kappa shape index (κ2) is 4.09. The average Bonchev–Trinajstić information content (AvgIpc) is 2.62. The van der Waals surface area contributed by atoms with E-state index < -0.39 is 40.0 Å². The van der Waals surface area contributed by atoms with Crippen molar-refractivity contribution in [2.24, 2.45) is 0 Å². The summed E-state index contributed by atoms with van der Waals surface area (Å²) in [5.74, 6) is 0. The summed E-state index contributed by atoms with van der Waals surface area (Å²) in [6.45, 7) is 0. The Morgan fingerprint density at radius 1 is 0.947 bits per heavy atom. The zero-order valence-corrected chi connectivity index (χ0v) is 9.95. The van der Waals surface area contributed by atoms with Crippen molar-refractivity contribution in [2.75, 3.05) is 0 Å². The van der Waals surface area contributed by atoms with Crippen LogP contribution in [0.5, 0.6) is 0 Å². The van der Waals surface area contributed by atoms with Gasteiger partial charge in [0.2, 0.25) is 0 Å². The molecule has 0 bridgehead atoms. The highest BCUT2D eigenvalue weighted by Gasteiger charge is 2.59. The highest BCUT2D eigenvalue weighted by Crippen LogP contribution is 2.29. The van der Waals surface area contributed by atoms with Crippen molar-refractivity contribution in [2.45, 2.75) is 16.2 Å². The van der Waals surface area contributed by atoms with Gasteiger partial charge in [-0.05, 0) is 0 Å². The maximum Gasteiger partial charge on any atom is 0.537 e. The molecule has 0 atom stereocenters. The van der Waals surface area contributed by atoms with Crippen LogP contribution in [0.2, 0.25) is 0 Å². The Bertz CT molecular complexity index is 623. The summed E-state index contributed by atoms with van der Waals surface area (Å²) in [4.78, 5) is 1.31. The minimum Gasteiger partial charge on any atom is -0.232 e. The van der Waals surface area contributed by atoms with Gasteiger partial charge >= 0.3 is 36.0 Å². The zero-order valence-electron chi connectivity index (χ0n) is 8.32. The van der Waals surface area contributed by atoms with E-state index in [2.05, 4.69) is 0 Å². The van der Waals surface area contributed by atoms with Crippen LogP contribution in [0.25, 0.3) is 0 Å². The molecule has 1 rings (SSSR count). The number of aromatic amines is 1. The average molecular weight is 333 g/mol. The van der Waals surface area contributed by atoms with Crippen molar-refractivity contribution in [1.29, 1.82) is 0 Å². The van der Waals surface area contributed by atoms with Crippen LogP contribution in [0.3, 0.4) is 0 Å². The van der Waals surface area contributed by atoms with E-state index in [4.69, 9.17) is 0 Å². The third-order valence-electron chi connectivity index (χ3n) is 1.73. The van der Waals surface area contributed by atoms with Crippen LogP contribution in [0.4, 0.5) is 26.3 Å². The third-order valence-corrected chi connectivity index (χ3v) is 4.68. The minimum absolute atomic E-state index is 0.00144. The highest BCUT2D eigenvalue weighted by molar-refractivity contribution is 7.92. The minimum atomic E-state index is -6.30. The van der Waals surface area contributed by atoms with Crippen molar-refractivity contribution in [3.63, 3.8) is 0 Å². The Kier molecular flexibility index (Phi) is 3.39. The Hall–Kier alpha value is -1.31. The molecule has 0 aromatic carbocycles. The van der Waals surface area contributed by atoms with E-state index in [1.807, 2.05) is 0 Å². The standard InChI is InChI=1S/C5H2F6N2O4S2/c6-4(7,8)18(14,15)3-12-1-2-13(3)19(16,17)5(9,10)11/h1-2H/p+1. The van der Waals surface area contributed by atoms with Gasteiger partial charge in [-0.3, -0.25) is 0 Å². The predicted octanol–water partition coefficient (Wildman–Crippen LogP) is 0.293. The molecule has 110 valence electrons. The molecule has 0 unspecified atom stereocenters. The van der Waals surface area contributed by atoms with E-state index in [-0.39, 0.29) is 6.20 Å². The summed E-state index contributed by atoms with van der Waals surface area (Å²) in [7, 11) is -12.6. The van der Waals surface area contributed by atoms with Crippen LogP contribution < -0.4 is 3.97 Å². The van der Waals surface area contributed by atoms with Crippen molar-refractivity contribution < 1.29 is 47.2 Å². The lowest BCUT2D eigenvalue weighted by Gasteiger charge is -2.07. The van der Waals surface area contributed by atoms with E-state index in [0.29, 0.717) is 6.20 Å². The van der Waals surface area contributed by atoms with E-state index in [0.717, 1.165) is 0 Å². The van der Waals surface area contributed by atoms with Crippen LogP contribution in [0.1, 0.15) is 0 Å². The van der Waals surface area contributed by atoms with Gasteiger partial charge < -0.3 is 0 Å². The predicted molar refractivity (Wildman–Crippen MR) is 44.6 cm³/mol. The number of rotatable bonds is 2. The summed E-state index contributed by atoms with van der Waals surface area (Å²) in [5.41, 5.74) is -11.9. The Labute approximate surface area is 101 Å². The van der Waals surface area contributed by atoms with Crippen molar-refractivity contribution in [3.8, 4) is 0 Å². The number of alkyl halides is 6. The number of aromatic nitrogens is 2. The van der Waals surface area contributed by atoms with Gasteiger partial charge in [0, 0.05) is 0 Å². The molecule has 6 nitrogen and oxygen atoms in total. The molecule has 14 heteroatoms. The number of imidazole rings is 1. The second-order valence-corrected chi connectivity index (χ2v) is 6.62. The molecule has 1 aromatic heterocycles. The quantitative estimate of drug-likeness (QED) is 0.623. The van der Waals surface area contributed by atoms with Crippen LogP contribution in [0, 0.1) is 0 Å². The van der Waals surface area contributed by atoms with Crippen molar-refractivity contribution in [3.05, 3.63) is 12.4 Å². The molecule has 0 saturated carbocycles. The zero-order chi connectivity index (χ0) is 15.3. The first-order valence-electron chi connectivity index (χ1n) is 3.95. The molecule has 0 amide bonds. The maximum absolute atomic E-state index is 12.2. The Balaban J connectivity index is 3.62. The van der Waals surface area contributed by atoms with Gasteiger partial charge in [-0.15, -0.1) is 3.97 Å². The molecule has 1 heterocycles. The largest absolute Gasteiger partial charge is 0.537 e. The van der Waals surface area contributed by atoms with Gasteiger partial charge in [-0.2, -0.15) is 34.8 Å². The smallest absolute Gasteiger partial charge is 0.232 e. The molecule has 0 aliphatic carbocycles. The normalized spacial score (nSPS) is 14.6. The lowest BCUT2D eigenvalue weighted by Crippen LogP contribution is -2.53. The molecule has 1 aromatic rings. The van der Waals surface area contributed by atoms with Gasteiger partial charge in [-0.1, -0.05) is 0 Å².